The van der Waals surface area contributed by atoms with Gasteiger partial charge in [-0.3, -0.25) is 0 Å². The van der Waals surface area contributed by atoms with E-state index in [1.807, 2.05) is 24.3 Å². The topological polar surface area (TPSA) is 9.23 Å². The molecule has 0 amide bonds. The molecule has 2 aromatic carbocycles. The van der Waals surface area contributed by atoms with Crippen molar-refractivity contribution in [3.05, 3.63) is 77.9 Å². The second-order valence-electron chi connectivity index (χ2n) is 3.77. The van der Waals surface area contributed by atoms with Gasteiger partial charge in [0.05, 0.1) is 0 Å². The van der Waals surface area contributed by atoms with E-state index in [1.54, 1.807) is 0 Å². The van der Waals surface area contributed by atoms with Gasteiger partial charge in [-0.2, -0.15) is 0 Å². The summed E-state index contributed by atoms with van der Waals surface area (Å²) in [5.41, 5.74) is 2.46. The molecule has 0 saturated carbocycles. The Morgan fingerprint density at radius 3 is 1.94 bits per heavy atom. The first kappa shape index (κ1) is 10.8. The summed E-state index contributed by atoms with van der Waals surface area (Å²) >= 11 is -0.527. The van der Waals surface area contributed by atoms with E-state index in [0.717, 1.165) is 5.76 Å². The molecule has 83 valence electrons. The zero-order valence-corrected chi connectivity index (χ0v) is 11.5. The molecule has 0 fully saturated rings. The second-order valence-corrected chi connectivity index (χ2v) is 5.98. The molecule has 0 spiro atoms. The van der Waals surface area contributed by atoms with Crippen LogP contribution in [0.4, 0.5) is 0 Å². The molecule has 0 atom stereocenters. The zero-order chi connectivity index (χ0) is 11.5. The first-order valence-electron chi connectivity index (χ1n) is 5.47. The van der Waals surface area contributed by atoms with Gasteiger partial charge in [0.15, 0.2) is 0 Å². The zero-order valence-electron chi connectivity index (χ0n) is 9.17. The first-order chi connectivity index (χ1) is 8.43. The van der Waals surface area contributed by atoms with Crippen molar-refractivity contribution in [2.75, 3.05) is 0 Å². The summed E-state index contributed by atoms with van der Waals surface area (Å²) in [5, 5.41) is 0. The van der Waals surface area contributed by atoms with Crippen molar-refractivity contribution in [3.63, 3.8) is 0 Å². The standard InChI is InChI=1S/C15H11OTe/c1-3-7-12(8-4-1)14-11-15(17-16-14)13-9-5-2-6-10-13/h1-11H. The van der Waals surface area contributed by atoms with Crippen molar-refractivity contribution in [2.45, 2.75) is 0 Å². The van der Waals surface area contributed by atoms with Gasteiger partial charge in [0.2, 0.25) is 0 Å². The normalized spacial score (nSPS) is 13.9. The maximum absolute atomic E-state index is 5.86. The number of rotatable bonds is 2. The van der Waals surface area contributed by atoms with Crippen LogP contribution in [0.15, 0.2) is 66.7 Å². The van der Waals surface area contributed by atoms with Crippen LogP contribution in [0.3, 0.4) is 0 Å². The summed E-state index contributed by atoms with van der Waals surface area (Å²) in [4.78, 5) is 0. The van der Waals surface area contributed by atoms with Gasteiger partial charge in [-0.1, -0.05) is 0 Å². The van der Waals surface area contributed by atoms with Crippen molar-refractivity contribution in [3.8, 4) is 0 Å². The van der Waals surface area contributed by atoms with Gasteiger partial charge in [0.25, 0.3) is 0 Å². The third-order valence-electron chi connectivity index (χ3n) is 2.60. The van der Waals surface area contributed by atoms with E-state index in [4.69, 9.17) is 3.10 Å². The molecule has 1 radical (unpaired) electrons. The summed E-state index contributed by atoms with van der Waals surface area (Å²) in [6.45, 7) is 0. The predicted molar refractivity (Wildman–Crippen MR) is 71.8 cm³/mol. The van der Waals surface area contributed by atoms with Crippen LogP contribution in [0.5, 0.6) is 0 Å². The van der Waals surface area contributed by atoms with Crippen LogP contribution < -0.4 is 0 Å². The quantitative estimate of drug-likeness (QED) is 0.767. The second kappa shape index (κ2) is 4.87. The number of hydrogen-bond acceptors (Lipinski definition) is 1. The fraction of sp³-hybridized carbons (Fsp3) is 0. The molecular weight excluding hydrogens is 324 g/mol. The Morgan fingerprint density at radius 2 is 1.29 bits per heavy atom. The summed E-state index contributed by atoms with van der Waals surface area (Å²) in [6.07, 6.45) is 2.19. The van der Waals surface area contributed by atoms with Crippen molar-refractivity contribution in [2.24, 2.45) is 0 Å². The number of hydrogen-bond donors (Lipinski definition) is 0. The van der Waals surface area contributed by atoms with Crippen LogP contribution in [-0.4, -0.2) is 24.4 Å². The van der Waals surface area contributed by atoms with Crippen molar-refractivity contribution >= 4 is 30.2 Å². The summed E-state index contributed by atoms with van der Waals surface area (Å²) < 4.78 is 7.23. The SMILES string of the molecule is C1=C(c2ccccc2)O[Te]=C1c1ccccc1. The molecule has 0 aromatic heterocycles. The Balaban J connectivity index is 1.91. The van der Waals surface area contributed by atoms with E-state index < -0.39 is 20.9 Å². The molecule has 3 rings (SSSR count). The predicted octanol–water partition coefficient (Wildman–Crippen LogP) is 2.90. The monoisotopic (exact) mass is 337 g/mol. The minimum atomic E-state index is -0.527. The number of allylic oxidation sites excluding steroid dienone is 1. The Labute approximate surface area is 111 Å². The minimum absolute atomic E-state index is 0.527. The third-order valence-corrected chi connectivity index (χ3v) is 4.87. The molecule has 1 nitrogen and oxygen atoms in total. The maximum atomic E-state index is 5.86. The fourth-order valence-electron chi connectivity index (χ4n) is 1.72. The molecule has 1 aliphatic heterocycles. The average molecular weight is 335 g/mol. The molecule has 17 heavy (non-hydrogen) atoms. The molecule has 1 aliphatic rings. The Hall–Kier alpha value is -1.36. The fourth-order valence-corrected chi connectivity index (χ4v) is 3.75. The Morgan fingerprint density at radius 1 is 0.706 bits per heavy atom. The molecule has 2 aromatic rings. The van der Waals surface area contributed by atoms with Crippen molar-refractivity contribution in [1.82, 2.24) is 0 Å². The van der Waals surface area contributed by atoms with Crippen molar-refractivity contribution in [1.29, 1.82) is 0 Å². The Bertz CT molecular complexity index is 570. The van der Waals surface area contributed by atoms with Gasteiger partial charge in [-0.05, 0) is 0 Å². The van der Waals surface area contributed by atoms with E-state index >= 15 is 0 Å². The van der Waals surface area contributed by atoms with Gasteiger partial charge in [-0.25, -0.2) is 0 Å². The van der Waals surface area contributed by atoms with Crippen molar-refractivity contribution < 1.29 is 3.10 Å². The van der Waals surface area contributed by atoms with E-state index in [2.05, 4.69) is 42.5 Å². The summed E-state index contributed by atoms with van der Waals surface area (Å²) in [5.74, 6) is 1.02. The molecule has 0 N–H and O–H groups in total. The average Bonchev–Trinajstić information content (AvgIpc) is 2.90. The molecular formula is C15H11OTe. The van der Waals surface area contributed by atoms with Gasteiger partial charge in [0, 0.05) is 0 Å². The van der Waals surface area contributed by atoms with Crippen LogP contribution in [0, 0.1) is 0 Å². The third kappa shape index (κ3) is 2.34. The summed E-state index contributed by atoms with van der Waals surface area (Å²) in [7, 11) is 0. The molecule has 1 heterocycles. The van der Waals surface area contributed by atoms with E-state index in [9.17, 15) is 0 Å². The van der Waals surface area contributed by atoms with Crippen LogP contribution in [0.25, 0.3) is 5.76 Å². The summed E-state index contributed by atoms with van der Waals surface area (Å²) in [6, 6.07) is 20.8. The molecule has 2 heteroatoms. The van der Waals surface area contributed by atoms with Crippen LogP contribution in [-0.2, 0) is 3.10 Å². The molecule has 0 bridgehead atoms. The first-order valence-corrected chi connectivity index (χ1v) is 7.59. The van der Waals surface area contributed by atoms with E-state index in [0.29, 0.717) is 0 Å². The van der Waals surface area contributed by atoms with Gasteiger partial charge >= 0.3 is 111 Å². The van der Waals surface area contributed by atoms with E-state index in [-0.39, 0.29) is 0 Å². The van der Waals surface area contributed by atoms with E-state index in [1.165, 1.54) is 14.7 Å². The van der Waals surface area contributed by atoms with Crippen LogP contribution in [0.1, 0.15) is 11.1 Å². The van der Waals surface area contributed by atoms with Crippen LogP contribution >= 0.6 is 0 Å². The van der Waals surface area contributed by atoms with Gasteiger partial charge in [0.1, 0.15) is 0 Å². The Kier molecular flexibility index (Phi) is 3.09. The number of benzene rings is 2. The molecule has 0 saturated heterocycles. The molecule has 0 aliphatic carbocycles. The van der Waals surface area contributed by atoms with Crippen LogP contribution in [0.2, 0.25) is 0 Å². The van der Waals surface area contributed by atoms with Gasteiger partial charge < -0.3 is 0 Å². The molecule has 0 unspecified atom stereocenters. The van der Waals surface area contributed by atoms with Gasteiger partial charge in [-0.15, -0.1) is 0 Å².